The summed E-state index contributed by atoms with van der Waals surface area (Å²) in [5.41, 5.74) is 5.19. The largest absolute Gasteiger partial charge is 0.369 e. The lowest BCUT2D eigenvalue weighted by molar-refractivity contribution is -0.131. The van der Waals surface area contributed by atoms with E-state index in [0.29, 0.717) is 0 Å². The zero-order valence-electron chi connectivity index (χ0n) is 7.61. The van der Waals surface area contributed by atoms with E-state index in [1.54, 1.807) is 0 Å². The minimum absolute atomic E-state index is 0.0961. The van der Waals surface area contributed by atoms with Gasteiger partial charge >= 0.3 is 0 Å². The molecule has 0 heterocycles. The summed E-state index contributed by atoms with van der Waals surface area (Å²) in [6, 6.07) is 0. The lowest BCUT2D eigenvalue weighted by Gasteiger charge is -2.35. The Bertz CT molecular complexity index is 186. The van der Waals surface area contributed by atoms with Gasteiger partial charge in [-0.05, 0) is 18.3 Å². The van der Waals surface area contributed by atoms with Gasteiger partial charge in [-0.25, -0.2) is 0 Å². The second-order valence-electron chi connectivity index (χ2n) is 4.43. The van der Waals surface area contributed by atoms with Gasteiger partial charge in [0.05, 0.1) is 5.41 Å². The van der Waals surface area contributed by atoms with Gasteiger partial charge in [-0.3, -0.25) is 4.79 Å². The van der Waals surface area contributed by atoms with Gasteiger partial charge in [0.1, 0.15) is 0 Å². The van der Waals surface area contributed by atoms with Crippen LogP contribution in [0.15, 0.2) is 0 Å². The fourth-order valence-electron chi connectivity index (χ4n) is 1.95. The van der Waals surface area contributed by atoms with Crippen LogP contribution in [0.2, 0.25) is 0 Å². The zero-order valence-corrected chi connectivity index (χ0v) is 7.61. The van der Waals surface area contributed by atoms with E-state index in [1.807, 2.05) is 6.92 Å². The summed E-state index contributed by atoms with van der Waals surface area (Å²) in [6.07, 6.45) is 3.20. The highest BCUT2D eigenvalue weighted by Gasteiger charge is 2.49. The molecule has 0 saturated heterocycles. The number of nitrogens with two attached hydrogens (primary N) is 1. The minimum atomic E-state index is -0.271. The van der Waals surface area contributed by atoms with Crippen LogP contribution < -0.4 is 5.73 Å². The van der Waals surface area contributed by atoms with Crippen molar-refractivity contribution in [3.05, 3.63) is 0 Å². The van der Waals surface area contributed by atoms with E-state index >= 15 is 0 Å². The van der Waals surface area contributed by atoms with Crippen LogP contribution in [-0.2, 0) is 4.79 Å². The van der Waals surface area contributed by atoms with Gasteiger partial charge in [-0.2, -0.15) is 0 Å². The summed E-state index contributed by atoms with van der Waals surface area (Å²) >= 11 is 0. The molecule has 1 saturated carbocycles. The zero-order chi connectivity index (χ0) is 8.70. The maximum atomic E-state index is 11.2. The third-order valence-electron chi connectivity index (χ3n) is 3.52. The molecule has 0 aromatic rings. The SMILES string of the molecule is CC1(C)CCCC1(C)C(N)=O. The fraction of sp³-hybridized carbons (Fsp3) is 0.889. The van der Waals surface area contributed by atoms with E-state index in [9.17, 15) is 4.79 Å². The maximum Gasteiger partial charge on any atom is 0.223 e. The van der Waals surface area contributed by atoms with E-state index in [-0.39, 0.29) is 16.7 Å². The lowest BCUT2D eigenvalue weighted by Crippen LogP contribution is -2.42. The van der Waals surface area contributed by atoms with Crippen molar-refractivity contribution in [2.24, 2.45) is 16.6 Å². The summed E-state index contributed by atoms with van der Waals surface area (Å²) in [4.78, 5) is 11.2. The Hall–Kier alpha value is -0.530. The summed E-state index contributed by atoms with van der Waals surface area (Å²) in [6.45, 7) is 6.25. The highest BCUT2D eigenvalue weighted by atomic mass is 16.1. The molecule has 0 radical (unpaired) electrons. The van der Waals surface area contributed by atoms with E-state index in [4.69, 9.17) is 5.73 Å². The molecular weight excluding hydrogens is 138 g/mol. The van der Waals surface area contributed by atoms with Crippen LogP contribution in [-0.4, -0.2) is 5.91 Å². The Balaban J connectivity index is 2.93. The molecule has 2 nitrogen and oxygen atoms in total. The number of carbonyl (C=O) groups excluding carboxylic acids is 1. The van der Waals surface area contributed by atoms with Crippen LogP contribution >= 0.6 is 0 Å². The highest BCUT2D eigenvalue weighted by Crippen LogP contribution is 2.51. The molecule has 1 amide bonds. The van der Waals surface area contributed by atoms with Crippen molar-refractivity contribution in [2.45, 2.75) is 40.0 Å². The second-order valence-corrected chi connectivity index (χ2v) is 4.43. The smallest absolute Gasteiger partial charge is 0.223 e. The molecule has 11 heavy (non-hydrogen) atoms. The van der Waals surface area contributed by atoms with Crippen molar-refractivity contribution in [3.8, 4) is 0 Å². The quantitative estimate of drug-likeness (QED) is 0.615. The van der Waals surface area contributed by atoms with Gasteiger partial charge in [0, 0.05) is 0 Å². The number of rotatable bonds is 1. The average molecular weight is 155 g/mol. The number of hydrogen-bond donors (Lipinski definition) is 1. The minimum Gasteiger partial charge on any atom is -0.369 e. The monoisotopic (exact) mass is 155 g/mol. The van der Waals surface area contributed by atoms with E-state index in [0.717, 1.165) is 19.3 Å². The van der Waals surface area contributed by atoms with Crippen LogP contribution in [0.25, 0.3) is 0 Å². The molecule has 1 atom stereocenters. The Morgan fingerprint density at radius 3 is 2.00 bits per heavy atom. The first-order chi connectivity index (χ1) is 4.90. The second kappa shape index (κ2) is 2.23. The molecule has 1 aliphatic rings. The van der Waals surface area contributed by atoms with E-state index in [2.05, 4.69) is 13.8 Å². The van der Waals surface area contributed by atoms with Gasteiger partial charge in [0.2, 0.25) is 5.91 Å². The van der Waals surface area contributed by atoms with Crippen LogP contribution in [0.4, 0.5) is 0 Å². The Morgan fingerprint density at radius 1 is 1.27 bits per heavy atom. The molecule has 0 spiro atoms. The first kappa shape index (κ1) is 8.57. The molecule has 0 aliphatic heterocycles. The van der Waals surface area contributed by atoms with Crippen LogP contribution in [0.5, 0.6) is 0 Å². The molecule has 1 unspecified atom stereocenters. The summed E-state index contributed by atoms with van der Waals surface area (Å²) in [7, 11) is 0. The van der Waals surface area contributed by atoms with E-state index in [1.165, 1.54) is 0 Å². The highest BCUT2D eigenvalue weighted by molar-refractivity contribution is 5.81. The third kappa shape index (κ3) is 1.05. The van der Waals surface area contributed by atoms with Crippen molar-refractivity contribution in [3.63, 3.8) is 0 Å². The van der Waals surface area contributed by atoms with Gasteiger partial charge in [-0.15, -0.1) is 0 Å². The van der Waals surface area contributed by atoms with Crippen LogP contribution in [0.3, 0.4) is 0 Å². The van der Waals surface area contributed by atoms with Gasteiger partial charge in [-0.1, -0.05) is 27.2 Å². The molecule has 0 aromatic carbocycles. The Kier molecular flexibility index (Phi) is 1.73. The molecule has 0 aromatic heterocycles. The number of primary amides is 1. The first-order valence-corrected chi connectivity index (χ1v) is 4.20. The molecule has 1 aliphatic carbocycles. The van der Waals surface area contributed by atoms with Crippen molar-refractivity contribution >= 4 is 5.91 Å². The molecule has 2 N–H and O–H groups in total. The molecule has 64 valence electrons. The van der Waals surface area contributed by atoms with E-state index < -0.39 is 0 Å². The van der Waals surface area contributed by atoms with Crippen molar-refractivity contribution in [1.29, 1.82) is 0 Å². The maximum absolute atomic E-state index is 11.2. The first-order valence-electron chi connectivity index (χ1n) is 4.20. The average Bonchev–Trinajstić information content (AvgIpc) is 2.09. The van der Waals surface area contributed by atoms with Gasteiger partial charge in [0.15, 0.2) is 0 Å². The summed E-state index contributed by atoms with van der Waals surface area (Å²) in [5, 5.41) is 0. The standard InChI is InChI=1S/C9H17NO/c1-8(2)5-4-6-9(8,3)7(10)11/h4-6H2,1-3H3,(H2,10,11). The predicted molar refractivity (Wildman–Crippen MR) is 44.9 cm³/mol. The van der Waals surface area contributed by atoms with Gasteiger partial charge in [0.25, 0.3) is 0 Å². The normalized spacial score (nSPS) is 35.5. The predicted octanol–water partition coefficient (Wildman–Crippen LogP) is 1.69. The van der Waals surface area contributed by atoms with Crippen molar-refractivity contribution in [2.75, 3.05) is 0 Å². The van der Waals surface area contributed by atoms with Crippen LogP contribution in [0, 0.1) is 10.8 Å². The van der Waals surface area contributed by atoms with Crippen molar-refractivity contribution < 1.29 is 4.79 Å². The van der Waals surface area contributed by atoms with Gasteiger partial charge < -0.3 is 5.73 Å². The Labute approximate surface area is 68.2 Å². The number of amides is 1. The number of hydrogen-bond acceptors (Lipinski definition) is 1. The number of carbonyl (C=O) groups is 1. The van der Waals surface area contributed by atoms with Crippen molar-refractivity contribution in [1.82, 2.24) is 0 Å². The molecule has 0 bridgehead atoms. The lowest BCUT2D eigenvalue weighted by atomic mass is 9.69. The third-order valence-corrected chi connectivity index (χ3v) is 3.52. The summed E-state index contributed by atoms with van der Waals surface area (Å²) in [5.74, 6) is -0.139. The topological polar surface area (TPSA) is 43.1 Å². The van der Waals surface area contributed by atoms with Crippen LogP contribution in [0.1, 0.15) is 40.0 Å². The molecule has 2 heteroatoms. The fourth-order valence-corrected chi connectivity index (χ4v) is 1.95. The molecule has 1 rings (SSSR count). The Morgan fingerprint density at radius 2 is 1.82 bits per heavy atom. The molecular formula is C9H17NO. The summed E-state index contributed by atoms with van der Waals surface area (Å²) < 4.78 is 0. The molecule has 1 fully saturated rings.